The highest BCUT2D eigenvalue weighted by Crippen LogP contribution is 2.21. The number of hydrogen-bond donors (Lipinski definition) is 0. The largest absolute Gasteiger partial charge is 0.497 e. The summed E-state index contributed by atoms with van der Waals surface area (Å²) >= 11 is 11.9. The minimum Gasteiger partial charge on any atom is -0.497 e. The SMILES string of the molecule is COc1ccc(Cn2cnc3nc(Cl)cc(Cl)c3c2=O)cc1. The molecule has 0 spiro atoms. The number of hydrogen-bond acceptors (Lipinski definition) is 4. The number of benzene rings is 1. The first kappa shape index (κ1) is 14.8. The molecule has 3 aromatic rings. The number of fused-ring (bicyclic) bond motifs is 1. The Hall–Kier alpha value is -2.11. The van der Waals surface area contributed by atoms with Gasteiger partial charge in [-0.3, -0.25) is 9.36 Å². The van der Waals surface area contributed by atoms with Gasteiger partial charge in [0.25, 0.3) is 5.56 Å². The molecule has 0 aliphatic carbocycles. The molecule has 112 valence electrons. The predicted molar refractivity (Wildman–Crippen MR) is 85.9 cm³/mol. The van der Waals surface area contributed by atoms with Crippen molar-refractivity contribution in [3.63, 3.8) is 0 Å². The van der Waals surface area contributed by atoms with Crippen molar-refractivity contribution in [2.75, 3.05) is 7.11 Å². The van der Waals surface area contributed by atoms with Gasteiger partial charge in [-0.1, -0.05) is 35.3 Å². The van der Waals surface area contributed by atoms with Crippen LogP contribution in [0.15, 0.2) is 41.5 Å². The molecular weight excluding hydrogens is 325 g/mol. The summed E-state index contributed by atoms with van der Waals surface area (Å²) in [5, 5.41) is 0.718. The van der Waals surface area contributed by atoms with E-state index in [2.05, 4.69) is 9.97 Å². The number of aromatic nitrogens is 3. The number of nitrogens with zero attached hydrogens (tertiary/aromatic N) is 3. The third-order valence-corrected chi connectivity index (χ3v) is 3.72. The van der Waals surface area contributed by atoms with Crippen molar-refractivity contribution in [2.45, 2.75) is 6.54 Å². The molecular formula is C15H11Cl2N3O2. The maximum atomic E-state index is 12.5. The Balaban J connectivity index is 2.04. The number of halogens is 2. The van der Waals surface area contributed by atoms with Crippen molar-refractivity contribution in [2.24, 2.45) is 0 Å². The van der Waals surface area contributed by atoms with Crippen molar-refractivity contribution in [3.8, 4) is 5.75 Å². The van der Waals surface area contributed by atoms with Gasteiger partial charge in [0.05, 0.1) is 18.7 Å². The van der Waals surface area contributed by atoms with Crippen LogP contribution in [0.3, 0.4) is 0 Å². The molecule has 0 radical (unpaired) electrons. The first-order valence-electron chi connectivity index (χ1n) is 6.42. The van der Waals surface area contributed by atoms with Crippen LogP contribution in [-0.4, -0.2) is 21.6 Å². The minimum atomic E-state index is -0.255. The molecule has 0 saturated carbocycles. The highest BCUT2D eigenvalue weighted by molar-refractivity contribution is 6.37. The van der Waals surface area contributed by atoms with Crippen molar-refractivity contribution in [1.29, 1.82) is 0 Å². The molecule has 0 aliphatic rings. The molecule has 3 rings (SSSR count). The van der Waals surface area contributed by atoms with E-state index in [4.69, 9.17) is 27.9 Å². The van der Waals surface area contributed by atoms with Gasteiger partial charge in [-0.2, -0.15) is 0 Å². The summed E-state index contributed by atoms with van der Waals surface area (Å²) in [4.78, 5) is 20.7. The molecule has 0 amide bonds. The molecule has 0 N–H and O–H groups in total. The van der Waals surface area contributed by atoms with E-state index in [1.54, 1.807) is 7.11 Å². The molecule has 5 nitrogen and oxygen atoms in total. The second-order valence-electron chi connectivity index (χ2n) is 4.65. The topological polar surface area (TPSA) is 57.0 Å². The fourth-order valence-electron chi connectivity index (χ4n) is 2.12. The van der Waals surface area contributed by atoms with Crippen LogP contribution in [0.25, 0.3) is 11.0 Å². The summed E-state index contributed by atoms with van der Waals surface area (Å²) < 4.78 is 6.59. The van der Waals surface area contributed by atoms with Crippen LogP contribution in [0.2, 0.25) is 10.2 Å². The van der Waals surface area contributed by atoms with E-state index >= 15 is 0 Å². The molecule has 0 unspecified atom stereocenters. The lowest BCUT2D eigenvalue weighted by molar-refractivity contribution is 0.414. The lowest BCUT2D eigenvalue weighted by Crippen LogP contribution is -2.21. The normalized spacial score (nSPS) is 10.9. The third kappa shape index (κ3) is 2.77. The molecule has 2 aromatic heterocycles. The molecule has 0 saturated heterocycles. The summed E-state index contributed by atoms with van der Waals surface area (Å²) in [5.41, 5.74) is 0.936. The Morgan fingerprint density at radius 2 is 1.95 bits per heavy atom. The van der Waals surface area contributed by atoms with Crippen LogP contribution in [0.1, 0.15) is 5.56 Å². The van der Waals surface area contributed by atoms with Crippen LogP contribution in [0.5, 0.6) is 5.75 Å². The van der Waals surface area contributed by atoms with Crippen molar-refractivity contribution < 1.29 is 4.74 Å². The van der Waals surface area contributed by atoms with E-state index in [0.717, 1.165) is 11.3 Å². The number of rotatable bonds is 3. The fourth-order valence-corrected chi connectivity index (χ4v) is 2.64. The quantitative estimate of drug-likeness (QED) is 0.690. The van der Waals surface area contributed by atoms with Crippen LogP contribution in [-0.2, 0) is 6.54 Å². The smallest absolute Gasteiger partial charge is 0.264 e. The number of pyridine rings is 1. The van der Waals surface area contributed by atoms with Crippen molar-refractivity contribution >= 4 is 34.2 Å². The maximum absolute atomic E-state index is 12.5. The highest BCUT2D eigenvalue weighted by Gasteiger charge is 2.11. The molecule has 2 heterocycles. The van der Waals surface area contributed by atoms with Gasteiger partial charge in [0.15, 0.2) is 5.65 Å². The number of methoxy groups -OCH3 is 1. The van der Waals surface area contributed by atoms with Gasteiger partial charge in [0, 0.05) is 0 Å². The van der Waals surface area contributed by atoms with Gasteiger partial charge in [-0.25, -0.2) is 9.97 Å². The van der Waals surface area contributed by atoms with E-state index in [-0.39, 0.29) is 26.8 Å². The second-order valence-corrected chi connectivity index (χ2v) is 5.45. The van der Waals surface area contributed by atoms with Gasteiger partial charge < -0.3 is 4.74 Å². The molecule has 0 fully saturated rings. The van der Waals surface area contributed by atoms with Gasteiger partial charge in [-0.05, 0) is 23.8 Å². The first-order valence-corrected chi connectivity index (χ1v) is 7.18. The van der Waals surface area contributed by atoms with Crippen molar-refractivity contribution in [1.82, 2.24) is 14.5 Å². The third-order valence-electron chi connectivity index (χ3n) is 3.23. The van der Waals surface area contributed by atoms with Gasteiger partial charge in [0.2, 0.25) is 0 Å². The lowest BCUT2D eigenvalue weighted by Gasteiger charge is -2.08. The van der Waals surface area contributed by atoms with Gasteiger partial charge in [-0.15, -0.1) is 0 Å². The Labute approximate surface area is 136 Å². The van der Waals surface area contributed by atoms with Crippen LogP contribution in [0.4, 0.5) is 0 Å². The highest BCUT2D eigenvalue weighted by atomic mass is 35.5. The van der Waals surface area contributed by atoms with Crippen LogP contribution < -0.4 is 10.3 Å². The van der Waals surface area contributed by atoms with Crippen LogP contribution >= 0.6 is 23.2 Å². The molecule has 22 heavy (non-hydrogen) atoms. The molecule has 7 heteroatoms. The molecule has 0 aliphatic heterocycles. The summed E-state index contributed by atoms with van der Waals surface area (Å²) in [6, 6.07) is 8.88. The Bertz CT molecular complexity index is 892. The van der Waals surface area contributed by atoms with Gasteiger partial charge >= 0.3 is 0 Å². The summed E-state index contributed by atoms with van der Waals surface area (Å²) in [7, 11) is 1.60. The Kier molecular flexibility index (Phi) is 4.00. The van der Waals surface area contributed by atoms with Crippen LogP contribution in [0, 0.1) is 0 Å². The second kappa shape index (κ2) is 5.94. The predicted octanol–water partition coefficient (Wildman–Crippen LogP) is 3.16. The maximum Gasteiger partial charge on any atom is 0.264 e. The zero-order valence-corrected chi connectivity index (χ0v) is 13.1. The average Bonchev–Trinajstić information content (AvgIpc) is 2.50. The molecule has 0 atom stereocenters. The van der Waals surface area contributed by atoms with E-state index < -0.39 is 0 Å². The molecule has 1 aromatic carbocycles. The Morgan fingerprint density at radius 1 is 1.23 bits per heavy atom. The summed E-state index contributed by atoms with van der Waals surface area (Å²) in [6.07, 6.45) is 1.44. The van der Waals surface area contributed by atoms with E-state index in [9.17, 15) is 4.79 Å². The van der Waals surface area contributed by atoms with Crippen molar-refractivity contribution in [3.05, 3.63) is 62.8 Å². The monoisotopic (exact) mass is 335 g/mol. The molecule has 0 bridgehead atoms. The summed E-state index contributed by atoms with van der Waals surface area (Å²) in [6.45, 7) is 0.380. The van der Waals surface area contributed by atoms with E-state index in [1.807, 2.05) is 24.3 Å². The summed E-state index contributed by atoms with van der Waals surface area (Å²) in [5.74, 6) is 0.759. The van der Waals surface area contributed by atoms with E-state index in [1.165, 1.54) is 17.0 Å². The van der Waals surface area contributed by atoms with E-state index in [0.29, 0.717) is 6.54 Å². The zero-order chi connectivity index (χ0) is 15.7. The Morgan fingerprint density at radius 3 is 2.64 bits per heavy atom. The van der Waals surface area contributed by atoms with Gasteiger partial charge in [0.1, 0.15) is 22.6 Å². The first-order chi connectivity index (χ1) is 10.6. The standard InChI is InChI=1S/C15H11Cl2N3O2/c1-22-10-4-2-9(3-5-10)7-20-8-18-14-13(15(20)21)11(16)6-12(17)19-14/h2-6,8H,7H2,1H3. The average molecular weight is 336 g/mol. The fraction of sp³-hybridized carbons (Fsp3) is 0.133. The lowest BCUT2D eigenvalue weighted by atomic mass is 10.2. The minimum absolute atomic E-state index is 0.206. The number of ether oxygens (including phenoxy) is 1. The zero-order valence-electron chi connectivity index (χ0n) is 11.6.